The Morgan fingerprint density at radius 1 is 1.42 bits per heavy atom. The van der Waals surface area contributed by atoms with Crippen molar-refractivity contribution < 1.29 is 9.72 Å². The largest absolute Gasteiger partial charge is 0.322 e. The summed E-state index contributed by atoms with van der Waals surface area (Å²) < 4.78 is 1.00. The van der Waals surface area contributed by atoms with Crippen molar-refractivity contribution in [1.82, 2.24) is 0 Å². The first kappa shape index (κ1) is 14.2. The number of carbonyl (C=O) groups is 1. The SMILES string of the molecule is O=C(Nc1ccc([N+](=O)[O-])c(Cl)c1)c1csc(I)c1. The molecule has 2 rings (SSSR count). The highest BCUT2D eigenvalue weighted by Crippen LogP contribution is 2.27. The van der Waals surface area contributed by atoms with Gasteiger partial charge in [0.2, 0.25) is 0 Å². The van der Waals surface area contributed by atoms with E-state index in [1.54, 1.807) is 11.4 Å². The van der Waals surface area contributed by atoms with Crippen LogP contribution in [0.4, 0.5) is 11.4 Å². The fourth-order valence-electron chi connectivity index (χ4n) is 1.37. The van der Waals surface area contributed by atoms with Crippen LogP contribution in [0.1, 0.15) is 10.4 Å². The summed E-state index contributed by atoms with van der Waals surface area (Å²) in [5.41, 5.74) is 0.774. The summed E-state index contributed by atoms with van der Waals surface area (Å²) in [6.45, 7) is 0. The molecule has 0 aliphatic carbocycles. The second-order valence-corrected chi connectivity index (χ2v) is 6.73. The number of nitrogens with one attached hydrogen (secondary N) is 1. The van der Waals surface area contributed by atoms with E-state index in [4.69, 9.17) is 11.6 Å². The van der Waals surface area contributed by atoms with E-state index >= 15 is 0 Å². The van der Waals surface area contributed by atoms with Crippen molar-refractivity contribution in [2.75, 3.05) is 5.32 Å². The molecule has 8 heteroatoms. The fraction of sp³-hybridized carbons (Fsp3) is 0. The summed E-state index contributed by atoms with van der Waals surface area (Å²) in [6.07, 6.45) is 0. The number of nitro groups is 1. The molecule has 0 fully saturated rings. The first-order valence-corrected chi connectivity index (χ1v) is 7.30. The van der Waals surface area contributed by atoms with Crippen LogP contribution in [0.15, 0.2) is 29.6 Å². The minimum atomic E-state index is -0.574. The van der Waals surface area contributed by atoms with Crippen LogP contribution in [-0.4, -0.2) is 10.8 Å². The van der Waals surface area contributed by atoms with Gasteiger partial charge in [0.05, 0.1) is 13.4 Å². The number of nitrogens with zero attached hydrogens (tertiary/aromatic N) is 1. The topological polar surface area (TPSA) is 72.2 Å². The smallest absolute Gasteiger partial charge is 0.288 e. The maximum absolute atomic E-state index is 11.9. The predicted octanol–water partition coefficient (Wildman–Crippen LogP) is 4.17. The first-order chi connectivity index (χ1) is 8.97. The summed E-state index contributed by atoms with van der Waals surface area (Å²) in [7, 11) is 0. The van der Waals surface area contributed by atoms with Crippen molar-refractivity contribution in [2.45, 2.75) is 0 Å². The Morgan fingerprint density at radius 3 is 2.68 bits per heavy atom. The molecular weight excluding hydrogens is 403 g/mol. The summed E-state index contributed by atoms with van der Waals surface area (Å²) in [5.74, 6) is -0.274. The van der Waals surface area contributed by atoms with Crippen molar-refractivity contribution in [3.8, 4) is 0 Å². The molecule has 1 aromatic carbocycles. The maximum atomic E-state index is 11.9. The van der Waals surface area contributed by atoms with Gasteiger partial charge < -0.3 is 5.32 Å². The predicted molar refractivity (Wildman–Crippen MR) is 83.1 cm³/mol. The quantitative estimate of drug-likeness (QED) is 0.471. The zero-order chi connectivity index (χ0) is 14.0. The van der Waals surface area contributed by atoms with Crippen LogP contribution in [0.2, 0.25) is 5.02 Å². The normalized spacial score (nSPS) is 10.2. The van der Waals surface area contributed by atoms with Gasteiger partial charge in [0.1, 0.15) is 5.02 Å². The average Bonchev–Trinajstić information content (AvgIpc) is 2.75. The highest BCUT2D eigenvalue weighted by Gasteiger charge is 2.14. The summed E-state index contributed by atoms with van der Waals surface area (Å²) >= 11 is 9.35. The highest BCUT2D eigenvalue weighted by molar-refractivity contribution is 14.1. The Hall–Kier alpha value is -1.19. The van der Waals surface area contributed by atoms with Gasteiger partial charge >= 0.3 is 0 Å². The number of thiophene rings is 1. The molecule has 0 atom stereocenters. The van der Waals surface area contributed by atoms with Crippen LogP contribution < -0.4 is 5.32 Å². The third kappa shape index (κ3) is 3.43. The van der Waals surface area contributed by atoms with Gasteiger partial charge in [0.25, 0.3) is 11.6 Å². The lowest BCUT2D eigenvalue weighted by atomic mass is 10.2. The first-order valence-electron chi connectivity index (χ1n) is 4.96. The minimum Gasteiger partial charge on any atom is -0.322 e. The molecule has 98 valence electrons. The van der Waals surface area contributed by atoms with Gasteiger partial charge in [-0.15, -0.1) is 11.3 Å². The lowest BCUT2D eigenvalue weighted by Gasteiger charge is -2.04. The Balaban J connectivity index is 2.18. The van der Waals surface area contributed by atoms with Gasteiger partial charge in [0.15, 0.2) is 0 Å². The van der Waals surface area contributed by atoms with E-state index in [1.807, 2.05) is 0 Å². The van der Waals surface area contributed by atoms with Crippen LogP contribution in [0.25, 0.3) is 0 Å². The molecule has 5 nitrogen and oxygen atoms in total. The summed E-state index contributed by atoms with van der Waals surface area (Å²) in [6, 6.07) is 5.82. The lowest BCUT2D eigenvalue weighted by Crippen LogP contribution is -2.10. The van der Waals surface area contributed by atoms with E-state index in [0.29, 0.717) is 11.3 Å². The second kappa shape index (κ2) is 5.85. The third-order valence-electron chi connectivity index (χ3n) is 2.23. The molecule has 0 unspecified atom stereocenters. The standard InChI is InChI=1S/C11H6ClIN2O3S/c12-8-4-7(1-2-9(8)15(17)18)14-11(16)6-3-10(13)19-5-6/h1-5H,(H,14,16). The average molecular weight is 409 g/mol. The van der Waals surface area contributed by atoms with Crippen LogP contribution in [0.3, 0.4) is 0 Å². The van der Waals surface area contributed by atoms with Crippen LogP contribution in [-0.2, 0) is 0 Å². The molecule has 0 bridgehead atoms. The lowest BCUT2D eigenvalue weighted by molar-refractivity contribution is -0.384. The zero-order valence-electron chi connectivity index (χ0n) is 9.22. The molecule has 0 aliphatic rings. The number of halogens is 2. The van der Waals surface area contributed by atoms with Crippen molar-refractivity contribution in [3.05, 3.63) is 53.2 Å². The highest BCUT2D eigenvalue weighted by atomic mass is 127. The number of hydrogen-bond acceptors (Lipinski definition) is 4. The van der Waals surface area contributed by atoms with Crippen molar-refractivity contribution in [3.63, 3.8) is 0 Å². The second-order valence-electron chi connectivity index (χ2n) is 3.52. The fourth-order valence-corrected chi connectivity index (χ4v) is 2.94. The Morgan fingerprint density at radius 2 is 2.16 bits per heavy atom. The molecule has 19 heavy (non-hydrogen) atoms. The van der Waals surface area contributed by atoms with Gasteiger partial charge in [-0.05, 0) is 40.8 Å². The van der Waals surface area contributed by atoms with Gasteiger partial charge in [0, 0.05) is 17.1 Å². The van der Waals surface area contributed by atoms with Gasteiger partial charge in [-0.25, -0.2) is 0 Å². The van der Waals surface area contributed by atoms with E-state index in [1.165, 1.54) is 29.5 Å². The molecule has 1 aromatic heterocycles. The minimum absolute atomic E-state index is 0.0114. The number of rotatable bonds is 3. The third-order valence-corrected chi connectivity index (χ3v) is 4.32. The molecule has 1 heterocycles. The van der Waals surface area contributed by atoms with Crippen molar-refractivity contribution in [1.29, 1.82) is 0 Å². The van der Waals surface area contributed by atoms with E-state index in [2.05, 4.69) is 27.9 Å². The molecule has 1 amide bonds. The number of carbonyl (C=O) groups excluding carboxylic acids is 1. The maximum Gasteiger partial charge on any atom is 0.288 e. The van der Waals surface area contributed by atoms with E-state index in [0.717, 1.165) is 2.88 Å². The molecular formula is C11H6ClIN2O3S. The van der Waals surface area contributed by atoms with Gasteiger partial charge in [-0.2, -0.15) is 0 Å². The van der Waals surface area contributed by atoms with Gasteiger partial charge in [-0.3, -0.25) is 14.9 Å². The number of hydrogen-bond donors (Lipinski definition) is 1. The Kier molecular flexibility index (Phi) is 4.38. The van der Waals surface area contributed by atoms with Gasteiger partial charge in [-0.1, -0.05) is 11.6 Å². The van der Waals surface area contributed by atoms with Crippen molar-refractivity contribution in [2.24, 2.45) is 0 Å². The van der Waals surface area contributed by atoms with Crippen LogP contribution in [0.5, 0.6) is 0 Å². The molecule has 0 aliphatic heterocycles. The Labute approximate surface area is 130 Å². The van der Waals surface area contributed by atoms with Crippen LogP contribution in [0, 0.1) is 13.0 Å². The number of nitro benzene ring substituents is 1. The summed E-state index contributed by atoms with van der Waals surface area (Å²) in [4.78, 5) is 21.9. The molecule has 0 spiro atoms. The summed E-state index contributed by atoms with van der Waals surface area (Å²) in [5, 5.41) is 15.0. The number of anilines is 1. The molecule has 0 radical (unpaired) electrons. The molecule has 0 saturated heterocycles. The number of amides is 1. The zero-order valence-corrected chi connectivity index (χ0v) is 13.0. The molecule has 1 N–H and O–H groups in total. The van der Waals surface area contributed by atoms with Crippen molar-refractivity contribution >= 4 is 62.8 Å². The molecule has 2 aromatic rings. The van der Waals surface area contributed by atoms with Crippen LogP contribution >= 0.6 is 45.5 Å². The van der Waals surface area contributed by atoms with E-state index in [9.17, 15) is 14.9 Å². The molecule has 0 saturated carbocycles. The Bertz CT molecular complexity index is 659. The van der Waals surface area contributed by atoms with E-state index < -0.39 is 4.92 Å². The number of benzene rings is 1. The monoisotopic (exact) mass is 408 g/mol. The van der Waals surface area contributed by atoms with E-state index in [-0.39, 0.29) is 16.6 Å².